The first-order valence-electron chi connectivity index (χ1n) is 13.7. The Labute approximate surface area is 256 Å². The molecule has 0 radical (unpaired) electrons. The van der Waals surface area contributed by atoms with Crippen molar-refractivity contribution in [2.45, 2.75) is 70.0 Å². The van der Waals surface area contributed by atoms with Gasteiger partial charge in [-0.15, -0.1) is 0 Å². The highest BCUT2D eigenvalue weighted by Crippen LogP contribution is 2.29. The van der Waals surface area contributed by atoms with Crippen LogP contribution in [-0.4, -0.2) is 43.8 Å². The van der Waals surface area contributed by atoms with Gasteiger partial charge >= 0.3 is 0 Å². The molecule has 4 rings (SSSR count). The number of carbonyl (C=O) groups is 2. The van der Waals surface area contributed by atoms with Gasteiger partial charge in [-0.1, -0.05) is 76.3 Å². The lowest BCUT2D eigenvalue weighted by atomic mass is 10.1. The summed E-state index contributed by atoms with van der Waals surface area (Å²) < 4.78 is 29.9. The monoisotopic (exact) mass is 659 g/mol. The summed E-state index contributed by atoms with van der Waals surface area (Å²) in [7, 11) is -4.15. The van der Waals surface area contributed by atoms with Crippen LogP contribution >= 0.6 is 27.5 Å². The first-order valence-corrected chi connectivity index (χ1v) is 16.3. The molecule has 0 heterocycles. The number of aryl methyl sites for hydroxylation is 2. The number of benzene rings is 3. The lowest BCUT2D eigenvalue weighted by molar-refractivity contribution is -0.139. The molecule has 1 atom stereocenters. The van der Waals surface area contributed by atoms with Crippen LogP contribution in [0.5, 0.6) is 0 Å². The summed E-state index contributed by atoms with van der Waals surface area (Å²) in [6, 6.07) is 18.1. The molecule has 0 aliphatic heterocycles. The minimum atomic E-state index is -4.15. The first-order chi connectivity index (χ1) is 19.5. The minimum absolute atomic E-state index is 0.0547. The topological polar surface area (TPSA) is 86.8 Å². The van der Waals surface area contributed by atoms with E-state index in [-0.39, 0.29) is 29.1 Å². The summed E-state index contributed by atoms with van der Waals surface area (Å²) in [4.78, 5) is 28.9. The quantitative estimate of drug-likeness (QED) is 0.273. The van der Waals surface area contributed by atoms with Gasteiger partial charge in [0, 0.05) is 22.1 Å². The van der Waals surface area contributed by atoms with Crippen molar-refractivity contribution in [3.8, 4) is 0 Å². The summed E-state index contributed by atoms with van der Waals surface area (Å²) >= 11 is 9.82. The fraction of sp³-hybridized carbons (Fsp3) is 0.355. The van der Waals surface area contributed by atoms with Crippen LogP contribution in [0.15, 0.2) is 76.1 Å². The van der Waals surface area contributed by atoms with Crippen molar-refractivity contribution in [2.24, 2.45) is 0 Å². The molecule has 0 saturated heterocycles. The highest BCUT2D eigenvalue weighted by molar-refractivity contribution is 9.10. The SMILES string of the molecule is Cc1ccc(S(=O)(=O)N(CC(=O)N(Cc2ccc(Br)cc2)C(C)C(=O)NC2CCCC2)c2ccc(C)c(Cl)c2)cc1. The Morgan fingerprint density at radius 1 is 1.00 bits per heavy atom. The predicted molar refractivity (Wildman–Crippen MR) is 166 cm³/mol. The van der Waals surface area contributed by atoms with Crippen molar-refractivity contribution in [3.05, 3.63) is 92.9 Å². The molecule has 2 amide bonds. The second-order valence-corrected chi connectivity index (χ2v) is 13.8. The molecule has 41 heavy (non-hydrogen) atoms. The number of nitrogens with one attached hydrogen (secondary N) is 1. The third-order valence-electron chi connectivity index (χ3n) is 7.47. The van der Waals surface area contributed by atoms with Gasteiger partial charge in [-0.05, 0) is 81.1 Å². The van der Waals surface area contributed by atoms with Crippen molar-refractivity contribution in [1.82, 2.24) is 10.2 Å². The maximum atomic E-state index is 14.1. The molecule has 218 valence electrons. The number of hydrogen-bond acceptors (Lipinski definition) is 4. The smallest absolute Gasteiger partial charge is 0.264 e. The highest BCUT2D eigenvalue weighted by Gasteiger charge is 2.33. The van der Waals surface area contributed by atoms with Crippen molar-refractivity contribution >= 4 is 55.1 Å². The Balaban J connectivity index is 1.70. The van der Waals surface area contributed by atoms with Crippen LogP contribution in [0.2, 0.25) is 5.02 Å². The number of amides is 2. The maximum absolute atomic E-state index is 14.1. The Kier molecular flexibility index (Phi) is 10.2. The van der Waals surface area contributed by atoms with E-state index < -0.39 is 28.5 Å². The molecule has 1 unspecified atom stereocenters. The summed E-state index contributed by atoms with van der Waals surface area (Å²) in [6.07, 6.45) is 3.95. The van der Waals surface area contributed by atoms with Gasteiger partial charge in [-0.2, -0.15) is 0 Å². The van der Waals surface area contributed by atoms with E-state index in [0.29, 0.717) is 5.02 Å². The standard InChI is InChI=1S/C31H35BrClN3O4S/c1-21-8-16-28(17-9-21)41(39,40)36(27-15-10-22(2)29(33)18-27)20-30(37)35(19-24-11-13-25(32)14-12-24)23(3)31(38)34-26-6-4-5-7-26/h8-18,23,26H,4-7,19-20H2,1-3H3,(H,34,38). The average Bonchev–Trinajstić information content (AvgIpc) is 3.45. The van der Waals surface area contributed by atoms with E-state index in [1.807, 2.05) is 38.1 Å². The van der Waals surface area contributed by atoms with E-state index in [1.165, 1.54) is 17.0 Å². The number of sulfonamides is 1. The molecule has 3 aromatic carbocycles. The Bertz CT molecular complexity index is 1490. The second-order valence-electron chi connectivity index (χ2n) is 10.6. The van der Waals surface area contributed by atoms with Crippen LogP contribution in [0.4, 0.5) is 5.69 Å². The molecule has 0 spiro atoms. The normalized spacial score (nSPS) is 14.5. The second kappa shape index (κ2) is 13.4. The van der Waals surface area contributed by atoms with Crippen molar-refractivity contribution in [1.29, 1.82) is 0 Å². The van der Waals surface area contributed by atoms with Crippen molar-refractivity contribution in [2.75, 3.05) is 10.8 Å². The number of rotatable bonds is 10. The van der Waals surface area contributed by atoms with Crippen LogP contribution in [-0.2, 0) is 26.2 Å². The molecule has 0 aromatic heterocycles. The van der Waals surface area contributed by atoms with E-state index in [1.54, 1.807) is 37.3 Å². The minimum Gasteiger partial charge on any atom is -0.352 e. The predicted octanol–water partition coefficient (Wildman–Crippen LogP) is 6.39. The van der Waals surface area contributed by atoms with Crippen LogP contribution in [0.1, 0.15) is 49.3 Å². The average molecular weight is 661 g/mol. The lowest BCUT2D eigenvalue weighted by Crippen LogP contribution is -2.52. The van der Waals surface area contributed by atoms with Crippen LogP contribution in [0, 0.1) is 13.8 Å². The van der Waals surface area contributed by atoms with Gasteiger partial charge in [0.2, 0.25) is 11.8 Å². The molecule has 0 bridgehead atoms. The van der Waals surface area contributed by atoms with E-state index in [2.05, 4.69) is 21.2 Å². The fourth-order valence-electron chi connectivity index (χ4n) is 4.86. The maximum Gasteiger partial charge on any atom is 0.264 e. The summed E-state index contributed by atoms with van der Waals surface area (Å²) in [5.41, 5.74) is 2.77. The molecule has 1 saturated carbocycles. The van der Waals surface area contributed by atoms with Gasteiger partial charge in [0.05, 0.1) is 10.6 Å². The third kappa shape index (κ3) is 7.70. The van der Waals surface area contributed by atoms with Crippen LogP contribution in [0.3, 0.4) is 0 Å². The van der Waals surface area contributed by atoms with Gasteiger partial charge in [-0.25, -0.2) is 8.42 Å². The van der Waals surface area contributed by atoms with Crippen molar-refractivity contribution in [3.63, 3.8) is 0 Å². The zero-order chi connectivity index (χ0) is 29.7. The molecule has 1 N–H and O–H groups in total. The van der Waals surface area contributed by atoms with E-state index in [9.17, 15) is 18.0 Å². The number of anilines is 1. The van der Waals surface area contributed by atoms with E-state index in [0.717, 1.165) is 51.2 Å². The van der Waals surface area contributed by atoms with Crippen LogP contribution < -0.4 is 9.62 Å². The number of hydrogen-bond donors (Lipinski definition) is 1. The zero-order valence-corrected chi connectivity index (χ0v) is 26.6. The van der Waals surface area contributed by atoms with E-state index in [4.69, 9.17) is 11.6 Å². The molecule has 1 fully saturated rings. The number of halogens is 2. The van der Waals surface area contributed by atoms with Crippen molar-refractivity contribution < 1.29 is 18.0 Å². The van der Waals surface area contributed by atoms with Gasteiger partial charge < -0.3 is 10.2 Å². The molecule has 1 aliphatic rings. The zero-order valence-electron chi connectivity index (χ0n) is 23.4. The highest BCUT2D eigenvalue weighted by atomic mass is 79.9. The molecule has 7 nitrogen and oxygen atoms in total. The molecule has 3 aromatic rings. The van der Waals surface area contributed by atoms with Gasteiger partial charge in [-0.3, -0.25) is 13.9 Å². The summed E-state index contributed by atoms with van der Waals surface area (Å²) in [5, 5.41) is 3.46. The Morgan fingerprint density at radius 3 is 2.24 bits per heavy atom. The molecule has 10 heteroatoms. The summed E-state index contributed by atoms with van der Waals surface area (Å²) in [6.45, 7) is 5.00. The van der Waals surface area contributed by atoms with Gasteiger partial charge in [0.1, 0.15) is 12.6 Å². The molecule has 1 aliphatic carbocycles. The first kappa shape index (κ1) is 31.1. The van der Waals surface area contributed by atoms with Crippen LogP contribution in [0.25, 0.3) is 0 Å². The Hall–Kier alpha value is -2.88. The third-order valence-corrected chi connectivity index (χ3v) is 10.2. The number of nitrogens with zero attached hydrogens (tertiary/aromatic N) is 2. The fourth-order valence-corrected chi connectivity index (χ4v) is 6.71. The van der Waals surface area contributed by atoms with Gasteiger partial charge in [0.15, 0.2) is 0 Å². The largest absolute Gasteiger partial charge is 0.352 e. The lowest BCUT2D eigenvalue weighted by Gasteiger charge is -2.32. The number of carbonyl (C=O) groups excluding carboxylic acids is 2. The Morgan fingerprint density at radius 2 is 1.63 bits per heavy atom. The van der Waals surface area contributed by atoms with Gasteiger partial charge in [0.25, 0.3) is 10.0 Å². The molecular weight excluding hydrogens is 626 g/mol. The summed E-state index contributed by atoms with van der Waals surface area (Å²) in [5.74, 6) is -0.761. The van der Waals surface area contributed by atoms with E-state index >= 15 is 0 Å². The molecular formula is C31H35BrClN3O4S.